The number of anilines is 1. The zero-order chi connectivity index (χ0) is 21.8. The summed E-state index contributed by atoms with van der Waals surface area (Å²) in [7, 11) is -6.74. The number of rotatable bonds is 10. The Morgan fingerprint density at radius 1 is 1.03 bits per heavy atom. The van der Waals surface area contributed by atoms with E-state index in [1.165, 1.54) is 16.4 Å². The fourth-order valence-corrected chi connectivity index (χ4v) is 6.28. The van der Waals surface area contributed by atoms with E-state index in [4.69, 9.17) is 0 Å². The Labute approximate surface area is 178 Å². The number of benzene rings is 1. The van der Waals surface area contributed by atoms with Crippen LogP contribution in [0.3, 0.4) is 0 Å². The number of hydrogen-bond acceptors (Lipinski definition) is 6. The molecule has 0 unspecified atom stereocenters. The highest BCUT2D eigenvalue weighted by molar-refractivity contribution is 7.89. The van der Waals surface area contributed by atoms with Crippen molar-refractivity contribution in [2.45, 2.75) is 56.4 Å². The molecule has 1 saturated heterocycles. The number of sulfonamides is 2. The van der Waals surface area contributed by atoms with Gasteiger partial charge in [0, 0.05) is 25.0 Å². The van der Waals surface area contributed by atoms with Crippen LogP contribution in [0.15, 0.2) is 29.2 Å². The lowest BCUT2D eigenvalue weighted by Gasteiger charge is -2.30. The van der Waals surface area contributed by atoms with Crippen LogP contribution in [0.2, 0.25) is 0 Å². The maximum absolute atomic E-state index is 12.4. The van der Waals surface area contributed by atoms with Crippen molar-refractivity contribution in [1.29, 1.82) is 0 Å². The van der Waals surface area contributed by atoms with Crippen LogP contribution in [0.4, 0.5) is 5.69 Å². The summed E-state index contributed by atoms with van der Waals surface area (Å²) in [5.41, 5.74) is 5.99. The van der Waals surface area contributed by atoms with Crippen molar-refractivity contribution in [2.75, 3.05) is 24.3 Å². The molecule has 1 aromatic rings. The number of unbranched alkanes of at least 4 members (excludes halogenated alkanes) is 1. The Morgan fingerprint density at radius 2 is 1.67 bits per heavy atom. The molecular formula is C19H30N4O5S2. The molecule has 1 heterocycles. The lowest BCUT2D eigenvalue weighted by atomic mass is 9.98. The number of hydrogen-bond donors (Lipinski definition) is 3. The lowest BCUT2D eigenvalue weighted by Crippen LogP contribution is -2.44. The van der Waals surface area contributed by atoms with Gasteiger partial charge in [0.25, 0.3) is 0 Å². The van der Waals surface area contributed by atoms with E-state index in [-0.39, 0.29) is 28.5 Å². The second kappa shape index (κ2) is 9.63. The lowest BCUT2D eigenvalue weighted by molar-refractivity contribution is -0.125. The molecule has 2 aliphatic rings. The highest BCUT2D eigenvalue weighted by atomic mass is 32.2. The summed E-state index contributed by atoms with van der Waals surface area (Å²) in [4.78, 5) is 12.6. The Kier molecular flexibility index (Phi) is 7.38. The number of hydrazine groups is 1. The summed E-state index contributed by atoms with van der Waals surface area (Å²) >= 11 is 0. The van der Waals surface area contributed by atoms with E-state index in [1.54, 1.807) is 12.1 Å². The normalized spacial score (nSPS) is 18.8. The molecule has 2 fully saturated rings. The minimum atomic E-state index is -3.50. The second-order valence-corrected chi connectivity index (χ2v) is 11.7. The minimum absolute atomic E-state index is 0.0418. The number of carbonyl (C=O) groups excluding carboxylic acids is 1. The molecule has 0 atom stereocenters. The molecule has 11 heteroatoms. The fraction of sp³-hybridized carbons (Fsp3) is 0.632. The largest absolute Gasteiger partial charge is 0.299 e. The molecule has 0 bridgehead atoms. The van der Waals surface area contributed by atoms with Crippen LogP contribution in [0.1, 0.15) is 45.4 Å². The second-order valence-electron chi connectivity index (χ2n) is 7.88. The summed E-state index contributed by atoms with van der Waals surface area (Å²) in [5.74, 6) is -0.311. The van der Waals surface area contributed by atoms with Gasteiger partial charge in [0.2, 0.25) is 26.0 Å². The third kappa shape index (κ3) is 6.16. The zero-order valence-corrected chi connectivity index (χ0v) is 18.8. The molecule has 0 aromatic heterocycles. The van der Waals surface area contributed by atoms with Crippen molar-refractivity contribution < 1.29 is 21.6 Å². The van der Waals surface area contributed by atoms with E-state index in [2.05, 4.69) is 15.6 Å². The molecule has 0 spiro atoms. The Balaban J connectivity index is 1.46. The average molecular weight is 459 g/mol. The molecule has 1 aliphatic carbocycles. The molecule has 1 aromatic carbocycles. The first-order chi connectivity index (χ1) is 14.2. The van der Waals surface area contributed by atoms with Gasteiger partial charge in [-0.15, -0.1) is 0 Å². The van der Waals surface area contributed by atoms with Crippen molar-refractivity contribution in [3.8, 4) is 0 Å². The van der Waals surface area contributed by atoms with Gasteiger partial charge in [0.1, 0.15) is 0 Å². The SMILES string of the molecule is CCCCS(=O)(=O)N1CCC(C(=O)NNc2ccc(S(=O)(=O)NC3CC3)cc2)CC1. The van der Waals surface area contributed by atoms with Crippen LogP contribution >= 0.6 is 0 Å². The number of nitrogens with one attached hydrogen (secondary N) is 3. The van der Waals surface area contributed by atoms with E-state index in [0.29, 0.717) is 38.0 Å². The summed E-state index contributed by atoms with van der Waals surface area (Å²) in [5, 5.41) is 0. The molecule has 30 heavy (non-hydrogen) atoms. The molecule has 0 radical (unpaired) electrons. The number of amides is 1. The highest BCUT2D eigenvalue weighted by Gasteiger charge is 2.31. The fourth-order valence-electron chi connectivity index (χ4n) is 3.29. The van der Waals surface area contributed by atoms with Crippen LogP contribution < -0.4 is 15.6 Å². The molecule has 168 valence electrons. The number of nitrogens with zero attached hydrogens (tertiary/aromatic N) is 1. The average Bonchev–Trinajstić information content (AvgIpc) is 3.54. The monoisotopic (exact) mass is 458 g/mol. The van der Waals surface area contributed by atoms with Gasteiger partial charge in [-0.2, -0.15) is 0 Å². The maximum Gasteiger partial charge on any atom is 0.241 e. The first kappa shape index (κ1) is 23.0. The van der Waals surface area contributed by atoms with Gasteiger partial charge in [-0.1, -0.05) is 13.3 Å². The van der Waals surface area contributed by atoms with Crippen molar-refractivity contribution in [2.24, 2.45) is 5.92 Å². The highest BCUT2D eigenvalue weighted by Crippen LogP contribution is 2.23. The Hall–Kier alpha value is -1.69. The number of piperidine rings is 1. The van der Waals surface area contributed by atoms with Crippen LogP contribution in [-0.2, 0) is 24.8 Å². The summed E-state index contributed by atoms with van der Waals surface area (Å²) < 4.78 is 53.0. The third-order valence-corrected chi connectivity index (χ3v) is 8.86. The van der Waals surface area contributed by atoms with Crippen LogP contribution in [0.25, 0.3) is 0 Å². The predicted molar refractivity (Wildman–Crippen MR) is 115 cm³/mol. The van der Waals surface area contributed by atoms with Crippen molar-refractivity contribution >= 4 is 31.6 Å². The summed E-state index contributed by atoms with van der Waals surface area (Å²) in [6, 6.07) is 6.19. The van der Waals surface area contributed by atoms with Gasteiger partial charge in [0.05, 0.1) is 16.3 Å². The van der Waals surface area contributed by atoms with Crippen LogP contribution in [-0.4, -0.2) is 51.9 Å². The van der Waals surface area contributed by atoms with Gasteiger partial charge < -0.3 is 0 Å². The first-order valence-electron chi connectivity index (χ1n) is 10.4. The number of carbonyl (C=O) groups is 1. The van der Waals surface area contributed by atoms with Crippen molar-refractivity contribution in [3.05, 3.63) is 24.3 Å². The zero-order valence-electron chi connectivity index (χ0n) is 17.1. The van der Waals surface area contributed by atoms with Gasteiger partial charge in [-0.05, 0) is 56.4 Å². The Bertz CT molecular complexity index is 936. The van der Waals surface area contributed by atoms with Crippen molar-refractivity contribution in [3.63, 3.8) is 0 Å². The van der Waals surface area contributed by atoms with Gasteiger partial charge in [-0.25, -0.2) is 25.9 Å². The van der Waals surface area contributed by atoms with Gasteiger partial charge in [-0.3, -0.25) is 15.6 Å². The van der Waals surface area contributed by atoms with E-state index in [1.807, 2.05) is 6.92 Å². The molecule has 1 aliphatic heterocycles. The standard InChI is InChI=1S/C19H30N4O5S2/c1-2-3-14-29(25,26)23-12-10-15(11-13-23)19(24)21-20-16-6-8-18(9-7-16)30(27,28)22-17-4-5-17/h6-9,15,17,20,22H,2-5,10-14H2,1H3,(H,21,24). The first-order valence-corrected chi connectivity index (χ1v) is 13.5. The van der Waals surface area contributed by atoms with Crippen LogP contribution in [0.5, 0.6) is 0 Å². The quantitative estimate of drug-likeness (QED) is 0.456. The van der Waals surface area contributed by atoms with E-state index < -0.39 is 20.0 Å². The molecule has 9 nitrogen and oxygen atoms in total. The predicted octanol–water partition coefficient (Wildman–Crippen LogP) is 1.41. The molecule has 3 rings (SSSR count). The van der Waals surface area contributed by atoms with Gasteiger partial charge >= 0.3 is 0 Å². The molecular weight excluding hydrogens is 428 g/mol. The van der Waals surface area contributed by atoms with E-state index in [9.17, 15) is 21.6 Å². The summed E-state index contributed by atoms with van der Waals surface area (Å²) in [6.45, 7) is 2.66. The van der Waals surface area contributed by atoms with E-state index in [0.717, 1.165) is 19.3 Å². The van der Waals surface area contributed by atoms with Crippen LogP contribution in [0, 0.1) is 5.92 Å². The van der Waals surface area contributed by atoms with E-state index >= 15 is 0 Å². The molecule has 3 N–H and O–H groups in total. The molecule has 1 amide bonds. The maximum atomic E-state index is 12.4. The van der Waals surface area contributed by atoms with Gasteiger partial charge in [0.15, 0.2) is 0 Å². The van der Waals surface area contributed by atoms with Crippen molar-refractivity contribution in [1.82, 2.24) is 14.5 Å². The molecule has 1 saturated carbocycles. The third-order valence-electron chi connectivity index (χ3n) is 5.37. The Morgan fingerprint density at radius 3 is 2.23 bits per heavy atom. The smallest absolute Gasteiger partial charge is 0.241 e. The minimum Gasteiger partial charge on any atom is -0.299 e. The topological polar surface area (TPSA) is 125 Å². The summed E-state index contributed by atoms with van der Waals surface area (Å²) in [6.07, 6.45) is 4.16.